The molecule has 28 heavy (non-hydrogen) atoms. The van der Waals surface area contributed by atoms with Gasteiger partial charge < -0.3 is 10.1 Å². The maximum atomic E-state index is 12.4. The quantitative estimate of drug-likeness (QED) is 0.531. The molecule has 1 heterocycles. The molecule has 3 aromatic rings. The van der Waals surface area contributed by atoms with E-state index in [-0.39, 0.29) is 5.91 Å². The second-order valence-electron chi connectivity index (χ2n) is 6.36. The predicted molar refractivity (Wildman–Crippen MR) is 114 cm³/mol. The number of hydrogen-bond acceptors (Lipinski definition) is 4. The van der Waals surface area contributed by atoms with Crippen LogP contribution in [0.4, 0.5) is 0 Å². The molecule has 0 aliphatic carbocycles. The second-order valence-corrected chi connectivity index (χ2v) is 8.19. The Balaban J connectivity index is 1.67. The van der Waals surface area contributed by atoms with Crippen molar-refractivity contribution < 1.29 is 9.53 Å². The van der Waals surface area contributed by atoms with E-state index in [2.05, 4.69) is 22.1 Å². The van der Waals surface area contributed by atoms with Crippen LogP contribution in [0.5, 0.6) is 10.9 Å². The van der Waals surface area contributed by atoms with Crippen molar-refractivity contribution in [2.45, 2.75) is 19.4 Å². The van der Waals surface area contributed by atoms with E-state index in [0.717, 1.165) is 4.88 Å². The third-order valence-corrected chi connectivity index (χ3v) is 4.92. The van der Waals surface area contributed by atoms with Gasteiger partial charge in [-0.15, -0.1) is 0 Å². The average Bonchev–Trinajstić information content (AvgIpc) is 3.09. The number of nitrogens with one attached hydrogen (secondary N) is 1. The van der Waals surface area contributed by atoms with E-state index in [1.54, 1.807) is 54.7 Å². The molecule has 0 aliphatic rings. The monoisotopic (exact) mass is 430 g/mol. The van der Waals surface area contributed by atoms with Crippen LogP contribution >= 0.6 is 34.5 Å². The molecule has 1 N–H and O–H groups in total. The minimum atomic E-state index is -0.753. The predicted octanol–water partition coefficient (Wildman–Crippen LogP) is 5.80. The van der Waals surface area contributed by atoms with Crippen LogP contribution in [0.15, 0.2) is 54.7 Å². The van der Waals surface area contributed by atoms with Crippen LogP contribution < -0.4 is 10.1 Å². The van der Waals surface area contributed by atoms with Crippen molar-refractivity contribution in [3.63, 3.8) is 0 Å². The van der Waals surface area contributed by atoms with Gasteiger partial charge in [0.2, 0.25) is 0 Å². The molecule has 1 amide bonds. The van der Waals surface area contributed by atoms with Crippen LogP contribution in [0.25, 0.3) is 0 Å². The Morgan fingerprint density at radius 1 is 1.14 bits per heavy atom. The zero-order chi connectivity index (χ0) is 20.1. The smallest absolute Gasteiger partial charge is 0.279 e. The third kappa shape index (κ3) is 5.49. The van der Waals surface area contributed by atoms with Crippen LogP contribution in [-0.4, -0.2) is 16.4 Å². The molecule has 0 radical (unpaired) electrons. The fraction of sp³-hybridized carbons (Fsp3) is 0.143. The van der Waals surface area contributed by atoms with Gasteiger partial charge in [0.05, 0.1) is 22.3 Å². The van der Waals surface area contributed by atoms with Gasteiger partial charge in [0.25, 0.3) is 11.1 Å². The SMILES string of the molecule is CC(C)(C#Cc1cnc(Oc2ccc(Cl)cc2)s1)NC(=O)c1ccccc1Cl. The summed E-state index contributed by atoms with van der Waals surface area (Å²) >= 11 is 13.3. The summed E-state index contributed by atoms with van der Waals surface area (Å²) in [6.45, 7) is 3.64. The fourth-order valence-electron chi connectivity index (χ4n) is 2.21. The standard InChI is InChI=1S/C21H16Cl2N2O2S/c1-21(2,25-19(26)17-5-3-4-6-18(17)23)12-11-16-13-24-20(28-16)27-15-9-7-14(22)8-10-15/h3-10,13H,1-2H3,(H,25,26). The molecular formula is C21H16Cl2N2O2S. The largest absolute Gasteiger partial charge is 0.431 e. The zero-order valence-electron chi connectivity index (χ0n) is 15.1. The van der Waals surface area contributed by atoms with Crippen molar-refractivity contribution in [1.82, 2.24) is 10.3 Å². The van der Waals surface area contributed by atoms with Crippen molar-refractivity contribution in [3.8, 4) is 22.8 Å². The van der Waals surface area contributed by atoms with Crippen molar-refractivity contribution in [2.75, 3.05) is 0 Å². The zero-order valence-corrected chi connectivity index (χ0v) is 17.5. The van der Waals surface area contributed by atoms with Crippen LogP contribution in [0.1, 0.15) is 29.1 Å². The number of carbonyl (C=O) groups excluding carboxylic acids is 1. The summed E-state index contributed by atoms with van der Waals surface area (Å²) in [5.41, 5.74) is -0.340. The Morgan fingerprint density at radius 2 is 1.86 bits per heavy atom. The maximum Gasteiger partial charge on any atom is 0.279 e. The summed E-state index contributed by atoms with van der Waals surface area (Å²) < 4.78 is 5.68. The van der Waals surface area contributed by atoms with Gasteiger partial charge in [-0.3, -0.25) is 4.79 Å². The van der Waals surface area contributed by atoms with E-state index in [1.165, 1.54) is 11.3 Å². The highest BCUT2D eigenvalue weighted by Gasteiger charge is 2.20. The van der Waals surface area contributed by atoms with E-state index in [9.17, 15) is 4.79 Å². The number of amides is 1. The van der Waals surface area contributed by atoms with Gasteiger partial charge in [0.15, 0.2) is 0 Å². The first-order chi connectivity index (χ1) is 13.3. The van der Waals surface area contributed by atoms with Crippen LogP contribution in [0.2, 0.25) is 10.0 Å². The first kappa shape index (κ1) is 20.2. The number of nitrogens with zero attached hydrogens (tertiary/aromatic N) is 1. The summed E-state index contributed by atoms with van der Waals surface area (Å²) in [6, 6.07) is 13.9. The third-order valence-electron chi connectivity index (χ3n) is 3.55. The lowest BCUT2D eigenvalue weighted by molar-refractivity contribution is 0.0930. The van der Waals surface area contributed by atoms with Gasteiger partial charge in [0, 0.05) is 5.02 Å². The summed E-state index contributed by atoms with van der Waals surface area (Å²) in [4.78, 5) is 17.4. The highest BCUT2D eigenvalue weighted by molar-refractivity contribution is 7.13. The Bertz CT molecular complexity index is 1050. The van der Waals surface area contributed by atoms with Crippen molar-refractivity contribution in [1.29, 1.82) is 0 Å². The minimum Gasteiger partial charge on any atom is -0.431 e. The average molecular weight is 431 g/mol. The number of rotatable bonds is 4. The van der Waals surface area contributed by atoms with Crippen LogP contribution in [-0.2, 0) is 0 Å². The number of aromatic nitrogens is 1. The molecule has 0 fully saturated rings. The lowest BCUT2D eigenvalue weighted by Gasteiger charge is -2.20. The van der Waals surface area contributed by atoms with E-state index in [0.29, 0.717) is 26.6 Å². The number of thiazole rings is 1. The van der Waals surface area contributed by atoms with E-state index in [1.807, 2.05) is 13.8 Å². The van der Waals surface area contributed by atoms with Crippen molar-refractivity contribution >= 4 is 40.4 Å². The van der Waals surface area contributed by atoms with Gasteiger partial charge in [-0.1, -0.05) is 58.5 Å². The Kier molecular flexibility index (Phi) is 6.25. The van der Waals surface area contributed by atoms with E-state index in [4.69, 9.17) is 27.9 Å². The number of carbonyl (C=O) groups is 1. The maximum absolute atomic E-state index is 12.4. The highest BCUT2D eigenvalue weighted by atomic mass is 35.5. The van der Waals surface area contributed by atoms with Gasteiger partial charge >= 0.3 is 0 Å². The van der Waals surface area contributed by atoms with Gasteiger partial charge in [-0.05, 0) is 50.2 Å². The lowest BCUT2D eigenvalue weighted by atomic mass is 10.1. The first-order valence-electron chi connectivity index (χ1n) is 8.32. The summed E-state index contributed by atoms with van der Waals surface area (Å²) in [5.74, 6) is 6.45. The molecule has 0 saturated heterocycles. The highest BCUT2D eigenvalue weighted by Crippen LogP contribution is 2.27. The van der Waals surface area contributed by atoms with Crippen LogP contribution in [0, 0.1) is 11.8 Å². The van der Waals surface area contributed by atoms with Crippen LogP contribution in [0.3, 0.4) is 0 Å². The summed E-state index contributed by atoms with van der Waals surface area (Å²) in [6.07, 6.45) is 1.63. The summed E-state index contributed by atoms with van der Waals surface area (Å²) in [5, 5.41) is 4.39. The Morgan fingerprint density at radius 3 is 2.57 bits per heavy atom. The molecule has 3 rings (SSSR count). The molecular weight excluding hydrogens is 415 g/mol. The summed E-state index contributed by atoms with van der Waals surface area (Å²) in [7, 11) is 0. The molecule has 0 bridgehead atoms. The molecule has 0 saturated carbocycles. The second kappa shape index (κ2) is 8.66. The normalized spacial score (nSPS) is 10.7. The van der Waals surface area contributed by atoms with Gasteiger partial charge in [-0.25, -0.2) is 4.98 Å². The molecule has 7 heteroatoms. The molecule has 1 aromatic heterocycles. The first-order valence-corrected chi connectivity index (χ1v) is 9.89. The molecule has 0 aliphatic heterocycles. The molecule has 142 valence electrons. The minimum absolute atomic E-state index is 0.277. The number of benzene rings is 2. The van der Waals surface area contributed by atoms with E-state index < -0.39 is 5.54 Å². The Labute approximate surface area is 177 Å². The number of halogens is 2. The van der Waals surface area contributed by atoms with Crippen molar-refractivity contribution in [3.05, 3.63) is 75.2 Å². The molecule has 2 aromatic carbocycles. The topological polar surface area (TPSA) is 51.2 Å². The van der Waals surface area contributed by atoms with E-state index >= 15 is 0 Å². The van der Waals surface area contributed by atoms with Crippen molar-refractivity contribution in [2.24, 2.45) is 0 Å². The molecule has 0 unspecified atom stereocenters. The van der Waals surface area contributed by atoms with Gasteiger partial charge in [0.1, 0.15) is 10.6 Å². The Hall–Kier alpha value is -2.52. The lowest BCUT2D eigenvalue weighted by Crippen LogP contribution is -2.42. The molecule has 0 spiro atoms. The van der Waals surface area contributed by atoms with Gasteiger partial charge in [-0.2, -0.15) is 0 Å². The number of hydrogen-bond donors (Lipinski definition) is 1. The fourth-order valence-corrected chi connectivity index (χ4v) is 3.20. The molecule has 0 atom stereocenters. The molecule has 4 nitrogen and oxygen atoms in total. The number of ether oxygens (including phenoxy) is 1.